The summed E-state index contributed by atoms with van der Waals surface area (Å²) in [7, 11) is 4.80. The van der Waals surface area contributed by atoms with Crippen LogP contribution >= 0.6 is 0 Å². The number of amides is 1. The van der Waals surface area contributed by atoms with Crippen molar-refractivity contribution in [3.63, 3.8) is 0 Å². The second kappa shape index (κ2) is 7.51. The van der Waals surface area contributed by atoms with Crippen LogP contribution in [0.25, 0.3) is 5.69 Å². The summed E-state index contributed by atoms with van der Waals surface area (Å²) < 4.78 is 6.22. The normalized spacial score (nSPS) is 10.4. The molecular weight excluding hydrogens is 322 g/mol. The van der Waals surface area contributed by atoms with Crippen LogP contribution in [0.15, 0.2) is 30.5 Å². The molecule has 1 amide bonds. The van der Waals surface area contributed by atoms with Gasteiger partial charge < -0.3 is 25.3 Å². The molecule has 0 radical (unpaired) electrons. The number of rotatable bonds is 5. The number of anilines is 2. The van der Waals surface area contributed by atoms with Crippen LogP contribution in [0.1, 0.15) is 16.1 Å². The van der Waals surface area contributed by atoms with Crippen LogP contribution < -0.4 is 11.1 Å². The summed E-state index contributed by atoms with van der Waals surface area (Å²) in [5.41, 5.74) is 7.11. The number of nitrogens with zero attached hydrogens (tertiary/aromatic N) is 3. The number of hydrogen-bond acceptors (Lipinski definition) is 6. The summed E-state index contributed by atoms with van der Waals surface area (Å²) in [5, 5.41) is 12.0. The van der Waals surface area contributed by atoms with Gasteiger partial charge in [0.05, 0.1) is 36.3 Å². The Kier molecular flexibility index (Phi) is 5.41. The molecule has 0 spiro atoms. The summed E-state index contributed by atoms with van der Waals surface area (Å²) in [4.78, 5) is 25.9. The number of aromatic nitrogens is 1. The molecule has 0 saturated carbocycles. The Morgan fingerprint density at radius 1 is 1.36 bits per heavy atom. The van der Waals surface area contributed by atoms with Gasteiger partial charge in [-0.2, -0.15) is 5.26 Å². The number of esters is 1. The second-order valence-electron chi connectivity index (χ2n) is 5.58. The van der Waals surface area contributed by atoms with E-state index >= 15 is 0 Å². The molecule has 0 unspecified atom stereocenters. The standard InChI is InChI=1S/C17H19N5O3/c1-21(2)10-14(23)20-12-6-4-5-7-13(12)22-9-11(8-18)15(19)16(22)17(24)25-3/h4-7,9H,10,19H2,1-3H3,(H,20,23). The zero-order valence-electron chi connectivity index (χ0n) is 14.2. The van der Waals surface area contributed by atoms with Crippen molar-refractivity contribution in [3.8, 4) is 11.8 Å². The fourth-order valence-electron chi connectivity index (χ4n) is 2.37. The smallest absolute Gasteiger partial charge is 0.357 e. The van der Waals surface area contributed by atoms with Gasteiger partial charge in [0, 0.05) is 6.20 Å². The summed E-state index contributed by atoms with van der Waals surface area (Å²) in [6.07, 6.45) is 1.44. The van der Waals surface area contributed by atoms with Gasteiger partial charge in [-0.1, -0.05) is 12.1 Å². The number of para-hydroxylation sites is 2. The number of likely N-dealkylation sites (N-methyl/N-ethyl adjacent to an activating group) is 1. The first-order chi connectivity index (χ1) is 11.9. The number of nitrogens with two attached hydrogens (primary N) is 1. The molecule has 8 heteroatoms. The van der Waals surface area contributed by atoms with Crippen molar-refractivity contribution in [2.75, 3.05) is 38.8 Å². The molecule has 0 aliphatic heterocycles. The predicted octanol–water partition coefficient (Wildman–Crippen LogP) is 1.22. The van der Waals surface area contributed by atoms with E-state index in [1.54, 1.807) is 43.3 Å². The number of carbonyl (C=O) groups is 2. The highest BCUT2D eigenvalue weighted by molar-refractivity contribution is 5.98. The first-order valence-corrected chi connectivity index (χ1v) is 7.42. The van der Waals surface area contributed by atoms with Gasteiger partial charge in [-0.3, -0.25) is 4.79 Å². The molecule has 3 N–H and O–H groups in total. The van der Waals surface area contributed by atoms with Crippen molar-refractivity contribution in [3.05, 3.63) is 41.7 Å². The third-order valence-electron chi connectivity index (χ3n) is 3.44. The molecule has 2 rings (SSSR count). The Morgan fingerprint density at radius 3 is 2.64 bits per heavy atom. The minimum absolute atomic E-state index is 0.0313. The zero-order chi connectivity index (χ0) is 18.6. The fourth-order valence-corrected chi connectivity index (χ4v) is 2.37. The summed E-state index contributed by atoms with van der Waals surface area (Å²) >= 11 is 0. The van der Waals surface area contributed by atoms with Crippen LogP contribution in [0, 0.1) is 11.3 Å². The van der Waals surface area contributed by atoms with Crippen LogP contribution in [0.4, 0.5) is 11.4 Å². The maximum absolute atomic E-state index is 12.1. The molecule has 0 aliphatic carbocycles. The lowest BCUT2D eigenvalue weighted by Gasteiger charge is -2.15. The van der Waals surface area contributed by atoms with Crippen LogP contribution in [0.3, 0.4) is 0 Å². The number of nitrogens with one attached hydrogen (secondary N) is 1. The molecule has 1 aromatic carbocycles. The van der Waals surface area contributed by atoms with Crippen LogP contribution in [-0.4, -0.2) is 49.1 Å². The Morgan fingerprint density at radius 2 is 2.04 bits per heavy atom. The quantitative estimate of drug-likeness (QED) is 0.791. The van der Waals surface area contributed by atoms with E-state index in [1.807, 2.05) is 6.07 Å². The van der Waals surface area contributed by atoms with E-state index in [1.165, 1.54) is 17.9 Å². The van der Waals surface area contributed by atoms with Crippen LogP contribution in [-0.2, 0) is 9.53 Å². The molecule has 0 atom stereocenters. The fraction of sp³-hybridized carbons (Fsp3) is 0.235. The first kappa shape index (κ1) is 18.0. The SMILES string of the molecule is COC(=O)c1c(N)c(C#N)cn1-c1ccccc1NC(=O)CN(C)C. The summed E-state index contributed by atoms with van der Waals surface area (Å²) in [6.45, 7) is 0.204. The van der Waals surface area contributed by atoms with Crippen molar-refractivity contribution in [2.24, 2.45) is 0 Å². The number of ether oxygens (including phenoxy) is 1. The highest BCUT2D eigenvalue weighted by Crippen LogP contribution is 2.28. The zero-order valence-corrected chi connectivity index (χ0v) is 14.2. The third kappa shape index (κ3) is 3.79. The minimum atomic E-state index is -0.673. The highest BCUT2D eigenvalue weighted by Gasteiger charge is 2.23. The Hall–Kier alpha value is -3.31. The molecule has 1 aromatic heterocycles. The van der Waals surface area contributed by atoms with Gasteiger partial charge in [0.1, 0.15) is 6.07 Å². The van der Waals surface area contributed by atoms with E-state index in [0.717, 1.165) is 0 Å². The average molecular weight is 341 g/mol. The van der Waals surface area contributed by atoms with Gasteiger partial charge >= 0.3 is 5.97 Å². The lowest BCUT2D eigenvalue weighted by atomic mass is 10.2. The van der Waals surface area contributed by atoms with Gasteiger partial charge in [0.15, 0.2) is 5.69 Å². The molecule has 0 saturated heterocycles. The highest BCUT2D eigenvalue weighted by atomic mass is 16.5. The number of nitriles is 1. The van der Waals surface area contributed by atoms with Gasteiger partial charge in [-0.15, -0.1) is 0 Å². The van der Waals surface area contributed by atoms with E-state index in [0.29, 0.717) is 11.4 Å². The molecule has 0 fully saturated rings. The number of carbonyl (C=O) groups excluding carboxylic acids is 2. The molecule has 1 heterocycles. The topological polar surface area (TPSA) is 113 Å². The maximum atomic E-state index is 12.1. The number of hydrogen-bond donors (Lipinski definition) is 2. The first-order valence-electron chi connectivity index (χ1n) is 7.42. The maximum Gasteiger partial charge on any atom is 0.357 e. The largest absolute Gasteiger partial charge is 0.464 e. The van der Waals surface area contributed by atoms with Gasteiger partial charge in [0.2, 0.25) is 5.91 Å². The van der Waals surface area contributed by atoms with Crippen molar-refractivity contribution in [1.82, 2.24) is 9.47 Å². The number of nitrogen functional groups attached to an aromatic ring is 1. The van der Waals surface area contributed by atoms with E-state index < -0.39 is 5.97 Å². The van der Waals surface area contributed by atoms with Crippen molar-refractivity contribution < 1.29 is 14.3 Å². The van der Waals surface area contributed by atoms with Crippen molar-refractivity contribution >= 4 is 23.3 Å². The molecule has 0 aliphatic rings. The second-order valence-corrected chi connectivity index (χ2v) is 5.58. The van der Waals surface area contributed by atoms with Crippen LogP contribution in [0.2, 0.25) is 0 Å². The molecule has 130 valence electrons. The van der Waals surface area contributed by atoms with Crippen molar-refractivity contribution in [2.45, 2.75) is 0 Å². The number of benzene rings is 1. The van der Waals surface area contributed by atoms with E-state index in [9.17, 15) is 14.9 Å². The van der Waals surface area contributed by atoms with E-state index in [4.69, 9.17) is 10.5 Å². The Balaban J connectivity index is 2.55. The monoisotopic (exact) mass is 341 g/mol. The average Bonchev–Trinajstić information content (AvgIpc) is 2.90. The van der Waals surface area contributed by atoms with E-state index in [2.05, 4.69) is 5.32 Å². The lowest BCUT2D eigenvalue weighted by molar-refractivity contribution is -0.116. The van der Waals surface area contributed by atoms with Crippen LogP contribution in [0.5, 0.6) is 0 Å². The van der Waals surface area contributed by atoms with Gasteiger partial charge in [-0.05, 0) is 26.2 Å². The summed E-state index contributed by atoms with van der Waals surface area (Å²) in [6, 6.07) is 8.86. The summed E-state index contributed by atoms with van der Waals surface area (Å²) in [5.74, 6) is -0.883. The molecule has 8 nitrogen and oxygen atoms in total. The predicted molar refractivity (Wildman–Crippen MR) is 93.4 cm³/mol. The lowest BCUT2D eigenvalue weighted by Crippen LogP contribution is -2.27. The third-order valence-corrected chi connectivity index (χ3v) is 3.44. The minimum Gasteiger partial charge on any atom is -0.464 e. The van der Waals surface area contributed by atoms with Gasteiger partial charge in [-0.25, -0.2) is 4.79 Å². The number of methoxy groups -OCH3 is 1. The van der Waals surface area contributed by atoms with E-state index in [-0.39, 0.29) is 29.4 Å². The molecule has 0 bridgehead atoms. The van der Waals surface area contributed by atoms with Gasteiger partial charge in [0.25, 0.3) is 0 Å². The molecular formula is C17H19N5O3. The molecule has 2 aromatic rings. The Bertz CT molecular complexity index is 848. The Labute approximate surface area is 145 Å². The molecule has 25 heavy (non-hydrogen) atoms. The van der Waals surface area contributed by atoms with Crippen molar-refractivity contribution in [1.29, 1.82) is 5.26 Å².